The van der Waals surface area contributed by atoms with Crippen LogP contribution in [-0.2, 0) is 0 Å². The number of nitrogens with two attached hydrogens (primary N) is 1. The predicted molar refractivity (Wildman–Crippen MR) is 88.7 cm³/mol. The number of rotatable bonds is 5. The number of pyridine rings is 1. The fourth-order valence-corrected chi connectivity index (χ4v) is 2.57. The van der Waals surface area contributed by atoms with Crippen LogP contribution in [0.2, 0.25) is 5.02 Å². The van der Waals surface area contributed by atoms with E-state index >= 15 is 0 Å². The number of aromatic hydroxyl groups is 1. The summed E-state index contributed by atoms with van der Waals surface area (Å²) in [7, 11) is 0. The van der Waals surface area contributed by atoms with Gasteiger partial charge >= 0.3 is 11.9 Å². The molecule has 132 valence electrons. The van der Waals surface area contributed by atoms with Crippen molar-refractivity contribution in [3.8, 4) is 22.6 Å². The Kier molecular flexibility index (Phi) is 4.89. The molecule has 0 spiro atoms. The maximum absolute atomic E-state index is 12.0. The molecule has 0 bridgehead atoms. The molecule has 0 aliphatic rings. The van der Waals surface area contributed by atoms with Gasteiger partial charge in [0.05, 0.1) is 11.6 Å². The van der Waals surface area contributed by atoms with Crippen LogP contribution in [0.1, 0.15) is 27.6 Å². The van der Waals surface area contributed by atoms with E-state index in [2.05, 4.69) is 0 Å². The van der Waals surface area contributed by atoms with Crippen LogP contribution in [0.5, 0.6) is 11.5 Å². The third kappa shape index (κ3) is 3.22. The minimum atomic E-state index is -1.67. The van der Waals surface area contributed by atoms with Gasteiger partial charge in [0.25, 0.3) is 5.56 Å². The van der Waals surface area contributed by atoms with Crippen LogP contribution in [0, 0.1) is 0 Å². The average molecular weight is 369 g/mol. The number of aromatic amines is 1. The Morgan fingerprint density at radius 2 is 1.84 bits per heavy atom. The number of carboxylic acids is 2. The molecule has 9 nitrogen and oxygen atoms in total. The number of nitrogens with one attached hydrogen (secondary N) is 1. The van der Waals surface area contributed by atoms with E-state index in [1.54, 1.807) is 6.92 Å². The summed E-state index contributed by atoms with van der Waals surface area (Å²) in [6.07, 6.45) is 0. The first kappa shape index (κ1) is 18.1. The SMILES string of the molecule is CCOc1cc(-c2c(C(=O)O)c(N)[nH]c(=O)c2C(=O)O)c(Cl)cc1O. The molecule has 1 aromatic heterocycles. The Labute approximate surface area is 145 Å². The zero-order valence-corrected chi connectivity index (χ0v) is 13.5. The lowest BCUT2D eigenvalue weighted by Gasteiger charge is -2.15. The maximum Gasteiger partial charge on any atom is 0.342 e. The summed E-state index contributed by atoms with van der Waals surface area (Å²) in [6, 6.07) is 2.20. The summed E-state index contributed by atoms with van der Waals surface area (Å²) < 4.78 is 5.19. The molecule has 1 heterocycles. The van der Waals surface area contributed by atoms with E-state index in [0.717, 1.165) is 12.1 Å². The fraction of sp³-hybridized carbons (Fsp3) is 0.133. The maximum atomic E-state index is 12.0. The van der Waals surface area contributed by atoms with Crippen molar-refractivity contribution in [3.05, 3.63) is 38.6 Å². The number of aromatic carboxylic acids is 2. The molecule has 0 amide bonds. The summed E-state index contributed by atoms with van der Waals surface area (Å²) in [6.45, 7) is 1.81. The third-order valence-electron chi connectivity index (χ3n) is 3.29. The van der Waals surface area contributed by atoms with Crippen LogP contribution in [-0.4, -0.2) is 38.8 Å². The van der Waals surface area contributed by atoms with Gasteiger partial charge in [0.15, 0.2) is 11.5 Å². The number of hydrogen-bond donors (Lipinski definition) is 5. The number of nitrogen functional groups attached to an aromatic ring is 1. The lowest BCUT2D eigenvalue weighted by Crippen LogP contribution is -2.24. The van der Waals surface area contributed by atoms with Gasteiger partial charge in [0.2, 0.25) is 0 Å². The van der Waals surface area contributed by atoms with Gasteiger partial charge in [-0.1, -0.05) is 11.6 Å². The summed E-state index contributed by atoms with van der Waals surface area (Å²) in [5.41, 5.74) is 2.38. The van der Waals surface area contributed by atoms with E-state index in [0.29, 0.717) is 0 Å². The number of carbonyl (C=O) groups is 2. The quantitative estimate of drug-likeness (QED) is 0.533. The molecular weight excluding hydrogens is 356 g/mol. The van der Waals surface area contributed by atoms with Crippen molar-refractivity contribution in [3.63, 3.8) is 0 Å². The van der Waals surface area contributed by atoms with E-state index in [1.165, 1.54) is 0 Å². The molecule has 2 rings (SSSR count). The lowest BCUT2D eigenvalue weighted by atomic mass is 9.95. The Balaban J connectivity index is 3.00. The van der Waals surface area contributed by atoms with Crippen molar-refractivity contribution < 1.29 is 29.6 Å². The summed E-state index contributed by atoms with van der Waals surface area (Å²) in [5, 5.41) is 28.4. The normalized spacial score (nSPS) is 10.5. The molecule has 0 aliphatic carbocycles. The highest BCUT2D eigenvalue weighted by atomic mass is 35.5. The Morgan fingerprint density at radius 1 is 1.24 bits per heavy atom. The van der Waals surface area contributed by atoms with Crippen LogP contribution < -0.4 is 16.0 Å². The first-order valence-electron chi connectivity index (χ1n) is 6.87. The van der Waals surface area contributed by atoms with Crippen molar-refractivity contribution in [2.24, 2.45) is 0 Å². The fourth-order valence-electron chi connectivity index (χ4n) is 2.32. The van der Waals surface area contributed by atoms with Gasteiger partial charge < -0.3 is 30.8 Å². The summed E-state index contributed by atoms with van der Waals surface area (Å²) in [5.74, 6) is -4.15. The summed E-state index contributed by atoms with van der Waals surface area (Å²) in [4.78, 5) is 37.1. The van der Waals surface area contributed by atoms with Crippen LogP contribution in [0.15, 0.2) is 16.9 Å². The largest absolute Gasteiger partial charge is 0.504 e. The molecule has 0 radical (unpaired) electrons. The number of phenols is 1. The van der Waals surface area contributed by atoms with Crippen molar-refractivity contribution in [2.75, 3.05) is 12.3 Å². The van der Waals surface area contributed by atoms with Crippen LogP contribution in [0.4, 0.5) is 5.82 Å². The standard InChI is InChI=1S/C15H13ClN2O7/c1-2-25-8-3-5(6(16)4-7(8)19)9-10(14(21)22)12(17)18-13(20)11(9)15(23)24/h3-4,19H,2H2,1H3,(H,21,22)(H,23,24)(H3,17,18,20). The van der Waals surface area contributed by atoms with Gasteiger partial charge in [0.1, 0.15) is 16.9 Å². The third-order valence-corrected chi connectivity index (χ3v) is 3.60. The second-order valence-corrected chi connectivity index (χ2v) is 5.24. The number of benzene rings is 1. The van der Waals surface area contributed by atoms with E-state index < -0.39 is 40.0 Å². The molecule has 0 saturated heterocycles. The Hall–Kier alpha value is -3.20. The molecule has 0 fully saturated rings. The number of phenolic OH excluding ortho intramolecular Hbond substituents is 1. The molecule has 25 heavy (non-hydrogen) atoms. The van der Waals surface area contributed by atoms with E-state index in [1.807, 2.05) is 4.98 Å². The first-order chi connectivity index (χ1) is 11.7. The Bertz CT molecular complexity index is 936. The van der Waals surface area contributed by atoms with Crippen molar-refractivity contribution in [1.29, 1.82) is 0 Å². The highest BCUT2D eigenvalue weighted by Gasteiger charge is 2.28. The molecule has 2 aromatic rings. The van der Waals surface area contributed by atoms with Gasteiger partial charge in [-0.3, -0.25) is 4.79 Å². The minimum absolute atomic E-state index is 0.0616. The predicted octanol–water partition coefficient (Wildman–Crippen LogP) is 1.78. The number of anilines is 1. The molecule has 0 saturated carbocycles. The second kappa shape index (κ2) is 6.73. The number of H-pyrrole nitrogens is 1. The zero-order valence-electron chi connectivity index (χ0n) is 12.8. The van der Waals surface area contributed by atoms with Gasteiger partial charge in [-0.2, -0.15) is 0 Å². The van der Waals surface area contributed by atoms with Gasteiger partial charge in [-0.05, 0) is 13.0 Å². The number of halogens is 1. The number of aromatic nitrogens is 1. The number of carboxylic acid groups (broad SMARTS) is 2. The Morgan fingerprint density at radius 3 is 2.36 bits per heavy atom. The second-order valence-electron chi connectivity index (χ2n) is 4.84. The minimum Gasteiger partial charge on any atom is -0.504 e. The van der Waals surface area contributed by atoms with Gasteiger partial charge in [-0.25, -0.2) is 9.59 Å². The van der Waals surface area contributed by atoms with Crippen LogP contribution in [0.3, 0.4) is 0 Å². The van der Waals surface area contributed by atoms with E-state index in [4.69, 9.17) is 22.1 Å². The molecular formula is C15H13ClN2O7. The topological polar surface area (TPSA) is 163 Å². The lowest BCUT2D eigenvalue weighted by molar-refractivity contribution is 0.0695. The average Bonchev–Trinajstić information content (AvgIpc) is 2.48. The van der Waals surface area contributed by atoms with Crippen molar-refractivity contribution in [2.45, 2.75) is 6.92 Å². The smallest absolute Gasteiger partial charge is 0.342 e. The highest BCUT2D eigenvalue weighted by molar-refractivity contribution is 6.34. The molecule has 10 heteroatoms. The molecule has 6 N–H and O–H groups in total. The number of hydrogen-bond acceptors (Lipinski definition) is 6. The molecule has 1 aromatic carbocycles. The molecule has 0 aliphatic heterocycles. The summed E-state index contributed by atoms with van der Waals surface area (Å²) >= 11 is 6.04. The van der Waals surface area contributed by atoms with Gasteiger partial charge in [0, 0.05) is 17.2 Å². The number of ether oxygens (including phenoxy) is 1. The monoisotopic (exact) mass is 368 g/mol. The van der Waals surface area contributed by atoms with Crippen LogP contribution in [0.25, 0.3) is 11.1 Å². The van der Waals surface area contributed by atoms with Crippen molar-refractivity contribution in [1.82, 2.24) is 4.98 Å². The molecule has 0 atom stereocenters. The zero-order chi connectivity index (χ0) is 18.9. The van der Waals surface area contributed by atoms with E-state index in [-0.39, 0.29) is 28.7 Å². The van der Waals surface area contributed by atoms with Crippen molar-refractivity contribution >= 4 is 29.4 Å². The van der Waals surface area contributed by atoms with Gasteiger partial charge in [-0.15, -0.1) is 0 Å². The van der Waals surface area contributed by atoms with Crippen LogP contribution >= 0.6 is 11.6 Å². The highest BCUT2D eigenvalue weighted by Crippen LogP contribution is 2.40. The first-order valence-corrected chi connectivity index (χ1v) is 7.24. The molecule has 0 unspecified atom stereocenters. The van der Waals surface area contributed by atoms with E-state index in [9.17, 15) is 29.7 Å².